The fraction of sp³-hybridized carbons (Fsp3) is 0.429. The van der Waals surface area contributed by atoms with Crippen molar-refractivity contribution in [1.29, 1.82) is 0 Å². The molecule has 2 N–H and O–H groups in total. The highest BCUT2D eigenvalue weighted by Crippen LogP contribution is 2.22. The molecule has 7 nitrogen and oxygen atoms in total. The normalized spacial score (nSPS) is 17.7. The lowest BCUT2D eigenvalue weighted by Gasteiger charge is -2.29. The van der Waals surface area contributed by atoms with Crippen LogP contribution in [0.25, 0.3) is 11.0 Å². The third-order valence-electron chi connectivity index (χ3n) is 3.98. The summed E-state index contributed by atoms with van der Waals surface area (Å²) in [6, 6.07) is 5.49. The summed E-state index contributed by atoms with van der Waals surface area (Å²) in [5.41, 5.74) is 2.43. The van der Waals surface area contributed by atoms with Crippen LogP contribution in [0.4, 0.5) is 5.69 Å². The summed E-state index contributed by atoms with van der Waals surface area (Å²) in [5.74, 6) is -0.220. The van der Waals surface area contributed by atoms with Gasteiger partial charge in [0.25, 0.3) is 0 Å². The first-order valence-corrected chi connectivity index (χ1v) is 8.97. The lowest BCUT2D eigenvalue weighted by Crippen LogP contribution is -2.40. The Morgan fingerprint density at radius 1 is 1.36 bits per heavy atom. The summed E-state index contributed by atoms with van der Waals surface area (Å²) in [6.45, 7) is 0.799. The van der Waals surface area contributed by atoms with E-state index < -0.39 is 10.0 Å². The van der Waals surface area contributed by atoms with Crippen molar-refractivity contribution in [2.24, 2.45) is 5.92 Å². The van der Waals surface area contributed by atoms with Gasteiger partial charge in [0.2, 0.25) is 15.9 Å². The van der Waals surface area contributed by atoms with E-state index in [0.717, 1.165) is 11.0 Å². The van der Waals surface area contributed by atoms with Crippen LogP contribution in [0, 0.1) is 5.92 Å². The van der Waals surface area contributed by atoms with E-state index in [4.69, 9.17) is 0 Å². The van der Waals surface area contributed by atoms with Crippen molar-refractivity contribution < 1.29 is 13.2 Å². The average molecular weight is 322 g/mol. The number of carbonyl (C=O) groups excluding carboxylic acids is 1. The third-order valence-corrected chi connectivity index (χ3v) is 5.28. The van der Waals surface area contributed by atoms with E-state index in [1.807, 2.05) is 18.2 Å². The largest absolute Gasteiger partial charge is 0.345 e. The van der Waals surface area contributed by atoms with Crippen LogP contribution in [-0.2, 0) is 14.8 Å². The maximum absolute atomic E-state index is 12.3. The lowest BCUT2D eigenvalue weighted by molar-refractivity contribution is -0.120. The van der Waals surface area contributed by atoms with E-state index >= 15 is 0 Å². The number of rotatable bonds is 3. The zero-order valence-electron chi connectivity index (χ0n) is 12.2. The zero-order valence-corrected chi connectivity index (χ0v) is 13.1. The van der Waals surface area contributed by atoms with Crippen LogP contribution in [0.2, 0.25) is 0 Å². The van der Waals surface area contributed by atoms with Gasteiger partial charge in [0.15, 0.2) is 0 Å². The summed E-state index contributed by atoms with van der Waals surface area (Å²) in [6.07, 6.45) is 3.90. The van der Waals surface area contributed by atoms with Gasteiger partial charge in [-0.3, -0.25) is 4.79 Å². The predicted molar refractivity (Wildman–Crippen MR) is 83.9 cm³/mol. The molecule has 1 aliphatic heterocycles. The fourth-order valence-corrected chi connectivity index (χ4v) is 3.58. The summed E-state index contributed by atoms with van der Waals surface area (Å²) < 4.78 is 24.4. The highest BCUT2D eigenvalue weighted by molar-refractivity contribution is 7.88. The highest BCUT2D eigenvalue weighted by atomic mass is 32.2. The Morgan fingerprint density at radius 3 is 2.77 bits per heavy atom. The van der Waals surface area contributed by atoms with Gasteiger partial charge in [0.05, 0.1) is 23.6 Å². The molecule has 0 spiro atoms. The molecular weight excluding hydrogens is 304 g/mol. The van der Waals surface area contributed by atoms with Crippen LogP contribution in [0.15, 0.2) is 24.5 Å². The van der Waals surface area contributed by atoms with E-state index in [0.29, 0.717) is 31.6 Å². The molecule has 1 aromatic carbocycles. The summed E-state index contributed by atoms with van der Waals surface area (Å²) >= 11 is 0. The second-order valence-electron chi connectivity index (χ2n) is 5.56. The first-order chi connectivity index (χ1) is 10.4. The number of sulfonamides is 1. The smallest absolute Gasteiger partial charge is 0.227 e. The van der Waals surface area contributed by atoms with Crippen LogP contribution in [0.3, 0.4) is 0 Å². The van der Waals surface area contributed by atoms with Gasteiger partial charge >= 0.3 is 0 Å². The number of H-pyrrole nitrogens is 1. The van der Waals surface area contributed by atoms with Gasteiger partial charge < -0.3 is 10.3 Å². The number of hydrogen-bond acceptors (Lipinski definition) is 4. The average Bonchev–Trinajstić information content (AvgIpc) is 2.94. The third kappa shape index (κ3) is 3.12. The number of benzene rings is 1. The number of hydrogen-bond donors (Lipinski definition) is 2. The molecule has 0 unspecified atom stereocenters. The molecule has 1 fully saturated rings. The van der Waals surface area contributed by atoms with Gasteiger partial charge in [-0.25, -0.2) is 17.7 Å². The second kappa shape index (κ2) is 5.69. The highest BCUT2D eigenvalue weighted by Gasteiger charge is 2.28. The molecule has 0 radical (unpaired) electrons. The molecule has 1 aromatic heterocycles. The molecule has 1 saturated heterocycles. The number of anilines is 1. The van der Waals surface area contributed by atoms with E-state index in [1.54, 1.807) is 6.33 Å². The minimum atomic E-state index is -3.16. The SMILES string of the molecule is CS(=O)(=O)N1CCC(C(=O)Nc2ccc3nc[nH]c3c2)CC1. The molecule has 0 saturated carbocycles. The molecule has 2 aromatic rings. The van der Waals surface area contributed by atoms with Crippen LogP contribution in [0.5, 0.6) is 0 Å². The number of carbonyl (C=O) groups is 1. The number of aromatic amines is 1. The van der Waals surface area contributed by atoms with Crippen molar-refractivity contribution in [2.75, 3.05) is 24.7 Å². The van der Waals surface area contributed by atoms with Crippen LogP contribution >= 0.6 is 0 Å². The molecule has 1 aliphatic rings. The Labute approximate surface area is 128 Å². The van der Waals surface area contributed by atoms with Crippen molar-refractivity contribution in [2.45, 2.75) is 12.8 Å². The molecule has 118 valence electrons. The number of piperidine rings is 1. The van der Waals surface area contributed by atoms with Crippen LogP contribution in [0.1, 0.15) is 12.8 Å². The molecule has 0 bridgehead atoms. The van der Waals surface area contributed by atoms with Crippen molar-refractivity contribution in [3.63, 3.8) is 0 Å². The summed E-state index contributed by atoms with van der Waals surface area (Å²) in [7, 11) is -3.16. The van der Waals surface area contributed by atoms with Crippen molar-refractivity contribution in [1.82, 2.24) is 14.3 Å². The Balaban J connectivity index is 1.63. The van der Waals surface area contributed by atoms with E-state index in [9.17, 15) is 13.2 Å². The predicted octanol–water partition coefficient (Wildman–Crippen LogP) is 1.17. The molecule has 0 aliphatic carbocycles. The summed E-state index contributed by atoms with van der Waals surface area (Å²) in [4.78, 5) is 19.4. The van der Waals surface area contributed by atoms with Crippen LogP contribution < -0.4 is 5.32 Å². The first-order valence-electron chi connectivity index (χ1n) is 7.12. The topological polar surface area (TPSA) is 95.2 Å². The maximum Gasteiger partial charge on any atom is 0.227 e. The monoisotopic (exact) mass is 322 g/mol. The second-order valence-corrected chi connectivity index (χ2v) is 7.54. The number of fused-ring (bicyclic) bond motifs is 1. The quantitative estimate of drug-likeness (QED) is 0.887. The van der Waals surface area contributed by atoms with E-state index in [2.05, 4.69) is 15.3 Å². The number of amides is 1. The Kier molecular flexibility index (Phi) is 3.88. The van der Waals surface area contributed by atoms with Crippen molar-refractivity contribution in [3.8, 4) is 0 Å². The first kappa shape index (κ1) is 15.0. The van der Waals surface area contributed by atoms with Gasteiger partial charge in [-0.1, -0.05) is 0 Å². The van der Waals surface area contributed by atoms with Gasteiger partial charge in [0.1, 0.15) is 0 Å². The Bertz CT molecular complexity index is 791. The molecule has 0 atom stereocenters. The maximum atomic E-state index is 12.3. The standard InChI is InChI=1S/C14H18N4O3S/c1-22(20,21)18-6-4-10(5-7-18)14(19)17-11-2-3-12-13(8-11)16-9-15-12/h2-3,8-10H,4-7H2,1H3,(H,15,16)(H,17,19). The Morgan fingerprint density at radius 2 is 2.09 bits per heavy atom. The van der Waals surface area contributed by atoms with Crippen LogP contribution in [-0.4, -0.2) is 47.9 Å². The fourth-order valence-electron chi connectivity index (χ4n) is 2.71. The van der Waals surface area contributed by atoms with E-state index in [-0.39, 0.29) is 11.8 Å². The van der Waals surface area contributed by atoms with Gasteiger partial charge in [0, 0.05) is 24.7 Å². The number of nitrogens with one attached hydrogen (secondary N) is 2. The summed E-state index contributed by atoms with van der Waals surface area (Å²) in [5, 5.41) is 2.89. The molecular formula is C14H18N4O3S. The van der Waals surface area contributed by atoms with Crippen molar-refractivity contribution >= 4 is 32.7 Å². The number of aromatic nitrogens is 2. The number of nitrogens with zero attached hydrogens (tertiary/aromatic N) is 2. The molecule has 22 heavy (non-hydrogen) atoms. The van der Waals surface area contributed by atoms with Gasteiger partial charge in [-0.15, -0.1) is 0 Å². The van der Waals surface area contributed by atoms with Gasteiger partial charge in [-0.05, 0) is 31.0 Å². The molecule has 3 rings (SSSR count). The molecule has 2 heterocycles. The van der Waals surface area contributed by atoms with Gasteiger partial charge in [-0.2, -0.15) is 0 Å². The lowest BCUT2D eigenvalue weighted by atomic mass is 9.97. The minimum Gasteiger partial charge on any atom is -0.345 e. The van der Waals surface area contributed by atoms with E-state index in [1.165, 1.54) is 10.6 Å². The number of imidazole rings is 1. The molecule has 1 amide bonds. The zero-order chi connectivity index (χ0) is 15.7. The van der Waals surface area contributed by atoms with Crippen molar-refractivity contribution in [3.05, 3.63) is 24.5 Å². The Hall–Kier alpha value is -1.93. The molecule has 8 heteroatoms. The minimum absolute atomic E-state index is 0.0629.